The van der Waals surface area contributed by atoms with Crippen molar-refractivity contribution in [3.05, 3.63) is 54.9 Å². The molecule has 0 bridgehead atoms. The molecule has 0 radical (unpaired) electrons. The number of nitrogens with zero attached hydrogens (tertiary/aromatic N) is 3. The van der Waals surface area contributed by atoms with Gasteiger partial charge in [-0.25, -0.2) is 9.78 Å². The summed E-state index contributed by atoms with van der Waals surface area (Å²) in [5.74, 6) is 0.0571. The van der Waals surface area contributed by atoms with E-state index in [1.54, 1.807) is 11.5 Å². The SMILES string of the molecule is COc1ccc(OC(=O)c2sc3nc4n(c(=O)c3c2C)CCCCC4)c([N+](=O)[O-])c1. The second-order valence-corrected chi connectivity index (χ2v) is 8.01. The lowest BCUT2D eigenvalue weighted by Gasteiger charge is -2.08. The van der Waals surface area contributed by atoms with E-state index < -0.39 is 10.9 Å². The number of hydrogen-bond donors (Lipinski definition) is 0. The van der Waals surface area contributed by atoms with Crippen LogP contribution in [0.5, 0.6) is 11.5 Å². The second-order valence-electron chi connectivity index (χ2n) is 7.01. The summed E-state index contributed by atoms with van der Waals surface area (Å²) in [4.78, 5) is 41.9. The molecular formula is C20H19N3O6S. The van der Waals surface area contributed by atoms with Gasteiger partial charge in [0.2, 0.25) is 5.75 Å². The number of methoxy groups -OCH3 is 1. The Balaban J connectivity index is 1.75. The van der Waals surface area contributed by atoms with E-state index in [1.807, 2.05) is 0 Å². The normalized spacial score (nSPS) is 13.5. The van der Waals surface area contributed by atoms with Gasteiger partial charge >= 0.3 is 11.7 Å². The third-order valence-corrected chi connectivity index (χ3v) is 6.33. The first-order chi connectivity index (χ1) is 14.4. The third-order valence-electron chi connectivity index (χ3n) is 5.16. The van der Waals surface area contributed by atoms with Gasteiger partial charge in [0.15, 0.2) is 0 Å². The van der Waals surface area contributed by atoms with Crippen LogP contribution in [-0.2, 0) is 13.0 Å². The Morgan fingerprint density at radius 2 is 2.10 bits per heavy atom. The number of carbonyl (C=O) groups is 1. The zero-order valence-corrected chi connectivity index (χ0v) is 17.3. The van der Waals surface area contributed by atoms with E-state index in [-0.39, 0.29) is 27.6 Å². The van der Waals surface area contributed by atoms with Gasteiger partial charge in [0, 0.05) is 13.0 Å². The maximum atomic E-state index is 13.0. The first-order valence-corrected chi connectivity index (χ1v) is 10.3. The Kier molecular flexibility index (Phi) is 5.25. The molecular weight excluding hydrogens is 410 g/mol. The lowest BCUT2D eigenvalue weighted by molar-refractivity contribution is -0.385. The van der Waals surface area contributed by atoms with Crippen molar-refractivity contribution in [2.45, 2.75) is 39.2 Å². The summed E-state index contributed by atoms with van der Waals surface area (Å²) < 4.78 is 12.0. The number of nitro groups is 1. The van der Waals surface area contributed by atoms with Crippen molar-refractivity contribution in [3.63, 3.8) is 0 Å². The molecule has 0 saturated heterocycles. The summed E-state index contributed by atoms with van der Waals surface area (Å²) in [6, 6.07) is 3.97. The smallest absolute Gasteiger partial charge is 0.354 e. The van der Waals surface area contributed by atoms with Gasteiger partial charge in [-0.05, 0) is 37.5 Å². The first-order valence-electron chi connectivity index (χ1n) is 9.48. The van der Waals surface area contributed by atoms with Gasteiger partial charge in [0.25, 0.3) is 5.56 Å². The van der Waals surface area contributed by atoms with E-state index in [9.17, 15) is 19.7 Å². The number of esters is 1. The predicted octanol–water partition coefficient (Wildman–Crippen LogP) is 3.63. The molecule has 0 atom stereocenters. The van der Waals surface area contributed by atoms with Crippen molar-refractivity contribution in [2.24, 2.45) is 0 Å². The zero-order valence-electron chi connectivity index (χ0n) is 16.5. The fraction of sp³-hybridized carbons (Fsp3) is 0.350. The highest BCUT2D eigenvalue weighted by Crippen LogP contribution is 2.34. The molecule has 1 aromatic carbocycles. The summed E-state index contributed by atoms with van der Waals surface area (Å²) in [7, 11) is 1.39. The van der Waals surface area contributed by atoms with Gasteiger partial charge in [0.05, 0.1) is 23.5 Å². The van der Waals surface area contributed by atoms with E-state index in [1.165, 1.54) is 25.3 Å². The molecule has 0 spiro atoms. The molecule has 0 saturated carbocycles. The largest absolute Gasteiger partial charge is 0.496 e. The maximum Gasteiger partial charge on any atom is 0.354 e. The molecule has 1 aliphatic heterocycles. The Hall–Kier alpha value is -3.27. The summed E-state index contributed by atoms with van der Waals surface area (Å²) in [6.45, 7) is 2.29. The average molecular weight is 429 g/mol. The highest BCUT2D eigenvalue weighted by molar-refractivity contribution is 7.20. The number of ether oxygens (including phenoxy) is 2. The van der Waals surface area contributed by atoms with Crippen LogP contribution >= 0.6 is 11.3 Å². The Morgan fingerprint density at radius 1 is 1.30 bits per heavy atom. The summed E-state index contributed by atoms with van der Waals surface area (Å²) in [5, 5.41) is 11.7. The number of aryl methyl sites for hydroxylation is 2. The van der Waals surface area contributed by atoms with Crippen LogP contribution in [0.3, 0.4) is 0 Å². The molecule has 4 rings (SSSR count). The van der Waals surface area contributed by atoms with E-state index in [2.05, 4.69) is 4.98 Å². The molecule has 0 amide bonds. The molecule has 0 unspecified atom stereocenters. The van der Waals surface area contributed by atoms with Crippen LogP contribution in [0, 0.1) is 17.0 Å². The number of aromatic nitrogens is 2. The quantitative estimate of drug-likeness (QED) is 0.269. The lowest BCUT2D eigenvalue weighted by Crippen LogP contribution is -2.24. The summed E-state index contributed by atoms with van der Waals surface area (Å²) in [6.07, 6.45) is 3.66. The van der Waals surface area contributed by atoms with Crippen molar-refractivity contribution in [1.29, 1.82) is 0 Å². The van der Waals surface area contributed by atoms with Crippen LogP contribution in [-0.4, -0.2) is 27.6 Å². The minimum absolute atomic E-state index is 0.153. The van der Waals surface area contributed by atoms with Gasteiger partial charge in [-0.15, -0.1) is 11.3 Å². The fourth-order valence-corrected chi connectivity index (χ4v) is 4.67. The van der Waals surface area contributed by atoms with Gasteiger partial charge < -0.3 is 9.47 Å². The van der Waals surface area contributed by atoms with Crippen molar-refractivity contribution in [3.8, 4) is 11.5 Å². The van der Waals surface area contributed by atoms with Crippen molar-refractivity contribution in [2.75, 3.05) is 7.11 Å². The lowest BCUT2D eigenvalue weighted by atomic mass is 10.2. The highest BCUT2D eigenvalue weighted by Gasteiger charge is 2.26. The number of fused-ring (bicyclic) bond motifs is 2. The Morgan fingerprint density at radius 3 is 2.83 bits per heavy atom. The van der Waals surface area contributed by atoms with Crippen molar-refractivity contribution in [1.82, 2.24) is 9.55 Å². The molecule has 0 N–H and O–H groups in total. The zero-order chi connectivity index (χ0) is 21.4. The van der Waals surface area contributed by atoms with Gasteiger partial charge in [0.1, 0.15) is 21.3 Å². The van der Waals surface area contributed by atoms with Crippen molar-refractivity contribution < 1.29 is 19.2 Å². The topological polar surface area (TPSA) is 114 Å². The van der Waals surface area contributed by atoms with Crippen LogP contribution in [0.1, 0.15) is 40.3 Å². The first kappa shape index (κ1) is 20.0. The molecule has 2 aromatic heterocycles. The van der Waals surface area contributed by atoms with Gasteiger partial charge in [-0.2, -0.15) is 0 Å². The Labute approximate surface area is 175 Å². The molecule has 156 valence electrons. The van der Waals surface area contributed by atoms with Crippen LogP contribution in [0.4, 0.5) is 5.69 Å². The van der Waals surface area contributed by atoms with E-state index in [0.29, 0.717) is 22.3 Å². The van der Waals surface area contributed by atoms with Crippen LogP contribution in [0.2, 0.25) is 0 Å². The monoisotopic (exact) mass is 429 g/mol. The molecule has 3 aromatic rings. The maximum absolute atomic E-state index is 13.0. The molecule has 1 aliphatic rings. The molecule has 30 heavy (non-hydrogen) atoms. The Bertz CT molecular complexity index is 1230. The summed E-state index contributed by atoms with van der Waals surface area (Å²) >= 11 is 1.07. The van der Waals surface area contributed by atoms with Crippen LogP contribution < -0.4 is 15.0 Å². The van der Waals surface area contributed by atoms with E-state index in [0.717, 1.165) is 42.8 Å². The van der Waals surface area contributed by atoms with Crippen LogP contribution in [0.15, 0.2) is 23.0 Å². The third kappa shape index (κ3) is 3.43. The van der Waals surface area contributed by atoms with Gasteiger partial charge in [-0.1, -0.05) is 6.42 Å². The molecule has 0 fully saturated rings. The van der Waals surface area contributed by atoms with E-state index >= 15 is 0 Å². The molecule has 0 aliphatic carbocycles. The van der Waals surface area contributed by atoms with Crippen molar-refractivity contribution >= 4 is 33.2 Å². The number of rotatable bonds is 4. The highest BCUT2D eigenvalue weighted by atomic mass is 32.1. The van der Waals surface area contributed by atoms with E-state index in [4.69, 9.17) is 9.47 Å². The average Bonchev–Trinajstić information content (AvgIpc) is 2.89. The number of nitro benzene ring substituents is 1. The fourth-order valence-electron chi connectivity index (χ4n) is 3.60. The number of thiophene rings is 1. The number of benzene rings is 1. The summed E-state index contributed by atoms with van der Waals surface area (Å²) in [5.41, 5.74) is -0.0558. The molecule has 10 heteroatoms. The van der Waals surface area contributed by atoms with Gasteiger partial charge in [-0.3, -0.25) is 19.5 Å². The molecule has 3 heterocycles. The predicted molar refractivity (Wildman–Crippen MR) is 111 cm³/mol. The minimum Gasteiger partial charge on any atom is -0.496 e. The number of carbonyl (C=O) groups excluding carboxylic acids is 1. The standard InChI is InChI=1S/C20H19N3O6S/c1-11-16-18(21-15-6-4-3-5-9-22(15)19(16)24)30-17(11)20(25)29-14-8-7-12(28-2)10-13(14)23(26)27/h7-8,10H,3-6,9H2,1-2H3. The molecule has 9 nitrogen and oxygen atoms in total. The second kappa shape index (κ2) is 7.86. The minimum atomic E-state index is -0.761. The van der Waals surface area contributed by atoms with Crippen LogP contribution in [0.25, 0.3) is 10.2 Å². The number of hydrogen-bond acceptors (Lipinski definition) is 8.